The Kier molecular flexibility index (Phi) is 2.50. The molecule has 0 saturated carbocycles. The van der Waals surface area contributed by atoms with Crippen LogP contribution in [0.25, 0.3) is 0 Å². The van der Waals surface area contributed by atoms with Crippen molar-refractivity contribution in [1.82, 2.24) is 4.98 Å². The zero-order valence-corrected chi connectivity index (χ0v) is 6.30. The smallest absolute Gasteiger partial charge is 0.267 e. The summed E-state index contributed by atoms with van der Waals surface area (Å²) in [6, 6.07) is 0. The number of halogens is 3. The minimum absolute atomic E-state index is 0.108. The van der Waals surface area contributed by atoms with Crippen LogP contribution in [0.4, 0.5) is 19.0 Å². The summed E-state index contributed by atoms with van der Waals surface area (Å²) in [5.41, 5.74) is 3.46. The first-order chi connectivity index (χ1) is 6.07. The highest BCUT2D eigenvalue weighted by molar-refractivity contribution is 5.77. The number of nitrogens with zero attached hydrogens (tertiary/aromatic N) is 1. The normalized spacial score (nSPS) is 10.5. The molecule has 0 saturated heterocycles. The Morgan fingerprint density at radius 2 is 2.15 bits per heavy atom. The van der Waals surface area contributed by atoms with Crippen molar-refractivity contribution >= 4 is 12.1 Å². The van der Waals surface area contributed by atoms with Crippen LogP contribution in [0.15, 0.2) is 6.20 Å². The molecular formula is C7H5F3N2O. The predicted molar refractivity (Wildman–Crippen MR) is 39.0 cm³/mol. The number of aromatic nitrogens is 1. The molecule has 6 heteroatoms. The van der Waals surface area contributed by atoms with Crippen molar-refractivity contribution in [2.24, 2.45) is 0 Å². The second-order valence-corrected chi connectivity index (χ2v) is 2.24. The quantitative estimate of drug-likeness (QED) is 0.720. The van der Waals surface area contributed by atoms with Gasteiger partial charge in [0.25, 0.3) is 6.43 Å². The van der Waals surface area contributed by atoms with Crippen LogP contribution in [0.1, 0.15) is 22.3 Å². The number of nitrogen functional groups attached to an aromatic ring is 1. The van der Waals surface area contributed by atoms with Gasteiger partial charge in [-0.3, -0.25) is 4.79 Å². The summed E-state index contributed by atoms with van der Waals surface area (Å²) in [5.74, 6) is -1.97. The molecule has 0 aromatic carbocycles. The molecule has 1 aromatic rings. The largest absolute Gasteiger partial charge is 0.381 e. The van der Waals surface area contributed by atoms with Crippen LogP contribution in [0.3, 0.4) is 0 Å². The number of hydrogen-bond acceptors (Lipinski definition) is 3. The standard InChI is InChI=1S/C7H5F3N2O/c8-5-4(6(9)10)3(2-13)1-12-7(5)11/h1-2,6H,(H2,11,12). The van der Waals surface area contributed by atoms with Crippen molar-refractivity contribution in [3.05, 3.63) is 23.1 Å². The Labute approximate surface area is 71.4 Å². The highest BCUT2D eigenvalue weighted by Gasteiger charge is 2.20. The van der Waals surface area contributed by atoms with Crippen molar-refractivity contribution < 1.29 is 18.0 Å². The van der Waals surface area contributed by atoms with Gasteiger partial charge in [-0.2, -0.15) is 0 Å². The molecule has 0 atom stereocenters. The van der Waals surface area contributed by atoms with Gasteiger partial charge in [0, 0.05) is 11.8 Å². The molecule has 1 aromatic heterocycles. The number of alkyl halides is 2. The molecule has 0 aliphatic rings. The van der Waals surface area contributed by atoms with E-state index in [9.17, 15) is 18.0 Å². The summed E-state index contributed by atoms with van der Waals surface area (Å²) in [7, 11) is 0. The highest BCUT2D eigenvalue weighted by Crippen LogP contribution is 2.26. The van der Waals surface area contributed by atoms with E-state index in [0.29, 0.717) is 0 Å². The molecule has 1 rings (SSSR count). The Bertz CT molecular complexity index is 341. The number of rotatable bonds is 2. The number of pyridine rings is 1. The SMILES string of the molecule is Nc1ncc(C=O)c(C(F)F)c1F. The molecular weight excluding hydrogens is 185 g/mol. The van der Waals surface area contributed by atoms with Crippen LogP contribution in [0.2, 0.25) is 0 Å². The topological polar surface area (TPSA) is 56.0 Å². The van der Waals surface area contributed by atoms with E-state index in [1.54, 1.807) is 0 Å². The molecule has 0 spiro atoms. The molecule has 70 valence electrons. The van der Waals surface area contributed by atoms with Gasteiger partial charge in [-0.05, 0) is 0 Å². The number of anilines is 1. The average Bonchev–Trinajstić information content (AvgIpc) is 2.08. The third kappa shape index (κ3) is 1.61. The van der Waals surface area contributed by atoms with Gasteiger partial charge in [0.15, 0.2) is 17.9 Å². The van der Waals surface area contributed by atoms with Gasteiger partial charge in [0.2, 0.25) is 0 Å². The first-order valence-electron chi connectivity index (χ1n) is 3.25. The molecule has 0 radical (unpaired) electrons. The van der Waals surface area contributed by atoms with E-state index in [0.717, 1.165) is 6.20 Å². The molecule has 0 amide bonds. The zero-order chi connectivity index (χ0) is 10.0. The molecule has 2 N–H and O–H groups in total. The van der Waals surface area contributed by atoms with Crippen LogP contribution in [0.5, 0.6) is 0 Å². The van der Waals surface area contributed by atoms with E-state index in [2.05, 4.69) is 4.98 Å². The maximum atomic E-state index is 12.9. The second kappa shape index (κ2) is 3.42. The lowest BCUT2D eigenvalue weighted by Crippen LogP contribution is -2.04. The van der Waals surface area contributed by atoms with Gasteiger partial charge in [-0.1, -0.05) is 0 Å². The predicted octanol–water partition coefficient (Wildman–Crippen LogP) is 1.55. The van der Waals surface area contributed by atoms with Crippen molar-refractivity contribution in [3.8, 4) is 0 Å². The Morgan fingerprint density at radius 1 is 1.54 bits per heavy atom. The fourth-order valence-electron chi connectivity index (χ4n) is 0.846. The van der Waals surface area contributed by atoms with E-state index in [-0.39, 0.29) is 6.29 Å². The van der Waals surface area contributed by atoms with Crippen LogP contribution < -0.4 is 5.73 Å². The molecule has 0 fully saturated rings. The molecule has 0 unspecified atom stereocenters. The third-order valence-electron chi connectivity index (χ3n) is 1.46. The van der Waals surface area contributed by atoms with Crippen molar-refractivity contribution in [2.45, 2.75) is 6.43 Å². The van der Waals surface area contributed by atoms with E-state index >= 15 is 0 Å². The van der Waals surface area contributed by atoms with Gasteiger partial charge in [-0.25, -0.2) is 18.2 Å². The Hall–Kier alpha value is -1.59. The molecule has 0 aliphatic carbocycles. The van der Waals surface area contributed by atoms with Gasteiger partial charge in [-0.15, -0.1) is 0 Å². The summed E-state index contributed by atoms with van der Waals surface area (Å²) in [4.78, 5) is 13.4. The summed E-state index contributed by atoms with van der Waals surface area (Å²) >= 11 is 0. The fourth-order valence-corrected chi connectivity index (χ4v) is 0.846. The number of hydrogen-bond donors (Lipinski definition) is 1. The lowest BCUT2D eigenvalue weighted by molar-refractivity contribution is 0.110. The van der Waals surface area contributed by atoms with Crippen LogP contribution >= 0.6 is 0 Å². The first-order valence-corrected chi connectivity index (χ1v) is 3.25. The lowest BCUT2D eigenvalue weighted by atomic mass is 10.1. The van der Waals surface area contributed by atoms with Crippen molar-refractivity contribution in [2.75, 3.05) is 5.73 Å². The minimum Gasteiger partial charge on any atom is -0.381 e. The Morgan fingerprint density at radius 3 is 2.62 bits per heavy atom. The summed E-state index contributed by atoms with van der Waals surface area (Å²) in [6.45, 7) is 0. The molecule has 13 heavy (non-hydrogen) atoms. The van der Waals surface area contributed by atoms with E-state index in [1.165, 1.54) is 0 Å². The lowest BCUT2D eigenvalue weighted by Gasteiger charge is -2.05. The van der Waals surface area contributed by atoms with E-state index in [1.807, 2.05) is 0 Å². The van der Waals surface area contributed by atoms with Crippen molar-refractivity contribution in [3.63, 3.8) is 0 Å². The van der Waals surface area contributed by atoms with Crippen molar-refractivity contribution in [1.29, 1.82) is 0 Å². The molecule has 3 nitrogen and oxygen atoms in total. The summed E-state index contributed by atoms with van der Waals surface area (Å²) in [6.07, 6.45) is -2.16. The average molecular weight is 190 g/mol. The maximum Gasteiger partial charge on any atom is 0.267 e. The van der Waals surface area contributed by atoms with Crippen LogP contribution in [-0.4, -0.2) is 11.3 Å². The number of nitrogens with two attached hydrogens (primary N) is 1. The molecule has 0 aliphatic heterocycles. The zero-order valence-electron chi connectivity index (χ0n) is 6.30. The van der Waals surface area contributed by atoms with Gasteiger partial charge >= 0.3 is 0 Å². The van der Waals surface area contributed by atoms with Gasteiger partial charge in [0.1, 0.15) is 0 Å². The highest BCUT2D eigenvalue weighted by atomic mass is 19.3. The van der Waals surface area contributed by atoms with E-state index < -0.39 is 29.2 Å². The van der Waals surface area contributed by atoms with Gasteiger partial charge < -0.3 is 5.73 Å². The van der Waals surface area contributed by atoms with Crippen LogP contribution in [0, 0.1) is 5.82 Å². The van der Waals surface area contributed by atoms with E-state index in [4.69, 9.17) is 5.73 Å². The Balaban J connectivity index is 3.41. The fraction of sp³-hybridized carbons (Fsp3) is 0.143. The van der Waals surface area contributed by atoms with Gasteiger partial charge in [0.05, 0.1) is 5.56 Å². The number of aldehydes is 1. The molecule has 0 bridgehead atoms. The summed E-state index contributed by atoms with van der Waals surface area (Å²) in [5, 5.41) is 0. The summed E-state index contributed by atoms with van der Waals surface area (Å²) < 4.78 is 37.2. The molecule has 1 heterocycles. The minimum atomic E-state index is -3.08. The second-order valence-electron chi connectivity index (χ2n) is 2.24. The number of carbonyl (C=O) groups is 1. The van der Waals surface area contributed by atoms with Crippen LogP contribution in [-0.2, 0) is 0 Å². The third-order valence-corrected chi connectivity index (χ3v) is 1.46. The maximum absolute atomic E-state index is 12.9. The first kappa shape index (κ1) is 9.50. The number of carbonyl (C=O) groups excluding carboxylic acids is 1. The monoisotopic (exact) mass is 190 g/mol.